The van der Waals surface area contributed by atoms with Crippen molar-refractivity contribution in [1.29, 1.82) is 0 Å². The van der Waals surface area contributed by atoms with Crippen molar-refractivity contribution in [3.05, 3.63) is 29.8 Å². The average Bonchev–Trinajstić information content (AvgIpc) is 2.70. The van der Waals surface area contributed by atoms with Crippen LogP contribution in [0.25, 0.3) is 0 Å². The second kappa shape index (κ2) is 12.5. The van der Waals surface area contributed by atoms with Crippen molar-refractivity contribution in [3.8, 4) is 0 Å². The Bertz CT molecular complexity index is 750. The summed E-state index contributed by atoms with van der Waals surface area (Å²) in [7, 11) is -4.63. The SMILES string of the molecule is NS(=O)(=O)c1ccc(CNC(=O)NCN2CCCOP2N(CCBr)CCBr)cc1. The maximum absolute atomic E-state index is 12.2. The highest BCUT2D eigenvalue weighted by molar-refractivity contribution is 9.09. The average molecular weight is 575 g/mol. The second-order valence-corrected chi connectivity index (χ2v) is 11.3. The van der Waals surface area contributed by atoms with Crippen molar-refractivity contribution in [3.63, 3.8) is 0 Å². The molecule has 1 aliphatic rings. The van der Waals surface area contributed by atoms with Crippen LogP contribution in [0, 0.1) is 0 Å². The molecule has 1 atom stereocenters. The van der Waals surface area contributed by atoms with Gasteiger partial charge in [-0.1, -0.05) is 44.0 Å². The van der Waals surface area contributed by atoms with Crippen LogP contribution >= 0.6 is 40.3 Å². The van der Waals surface area contributed by atoms with E-state index in [0.29, 0.717) is 6.67 Å². The Kier molecular flexibility index (Phi) is 10.8. The van der Waals surface area contributed by atoms with E-state index < -0.39 is 18.5 Å². The molecule has 1 aliphatic heterocycles. The normalized spacial score (nSPS) is 18.0. The van der Waals surface area contributed by atoms with Crippen LogP contribution < -0.4 is 15.8 Å². The van der Waals surface area contributed by atoms with Crippen LogP contribution in [-0.2, 0) is 21.1 Å². The molecule has 1 saturated heterocycles. The van der Waals surface area contributed by atoms with Gasteiger partial charge in [0.2, 0.25) is 10.0 Å². The molecule has 1 aromatic rings. The van der Waals surface area contributed by atoms with Gasteiger partial charge in [0, 0.05) is 36.8 Å². The fraction of sp³-hybridized carbons (Fsp3) is 0.562. The first-order chi connectivity index (χ1) is 13.8. The Morgan fingerprint density at radius 3 is 2.45 bits per heavy atom. The molecular weight excluding hydrogens is 549 g/mol. The minimum atomic E-state index is -3.72. The highest BCUT2D eigenvalue weighted by Gasteiger charge is 2.29. The number of hydrogen-bond acceptors (Lipinski definition) is 6. The van der Waals surface area contributed by atoms with Crippen LogP contribution in [0.5, 0.6) is 0 Å². The first kappa shape index (κ1) is 24.9. The molecule has 1 fully saturated rings. The summed E-state index contributed by atoms with van der Waals surface area (Å²) in [6.45, 7) is 4.00. The summed E-state index contributed by atoms with van der Waals surface area (Å²) in [5.74, 6) is 0. The van der Waals surface area contributed by atoms with E-state index in [1.54, 1.807) is 12.1 Å². The fourth-order valence-corrected chi connectivity index (χ4v) is 6.59. The van der Waals surface area contributed by atoms with Crippen LogP contribution in [0.1, 0.15) is 12.0 Å². The van der Waals surface area contributed by atoms with Gasteiger partial charge in [-0.2, -0.15) is 0 Å². The number of carbonyl (C=O) groups excluding carboxylic acids is 1. The van der Waals surface area contributed by atoms with Crippen LogP contribution in [0.15, 0.2) is 29.2 Å². The van der Waals surface area contributed by atoms with E-state index in [1.165, 1.54) is 12.1 Å². The molecule has 0 radical (unpaired) electrons. The maximum atomic E-state index is 12.2. The quantitative estimate of drug-likeness (QED) is 0.291. The largest absolute Gasteiger partial charge is 0.334 e. The van der Waals surface area contributed by atoms with E-state index >= 15 is 0 Å². The number of nitrogens with two attached hydrogens (primary N) is 1. The van der Waals surface area contributed by atoms with Gasteiger partial charge in [0.15, 0.2) is 8.45 Å². The molecule has 164 valence electrons. The van der Waals surface area contributed by atoms with Crippen molar-refractivity contribution >= 4 is 56.4 Å². The summed E-state index contributed by atoms with van der Waals surface area (Å²) in [6, 6.07) is 5.79. The molecule has 2 rings (SSSR count). The van der Waals surface area contributed by atoms with E-state index in [-0.39, 0.29) is 17.5 Å². The molecule has 1 aromatic carbocycles. The summed E-state index contributed by atoms with van der Waals surface area (Å²) in [4.78, 5) is 12.2. The lowest BCUT2D eigenvalue weighted by Gasteiger charge is -2.40. The number of benzene rings is 1. The molecule has 0 aromatic heterocycles. The fourth-order valence-electron chi connectivity index (χ4n) is 2.64. The van der Waals surface area contributed by atoms with Crippen molar-refractivity contribution < 1.29 is 17.7 Å². The summed E-state index contributed by atoms with van der Waals surface area (Å²) in [5, 5.41) is 12.4. The third-order valence-corrected chi connectivity index (χ3v) is 7.82. The van der Waals surface area contributed by atoms with Gasteiger partial charge in [-0.25, -0.2) is 27.7 Å². The maximum Gasteiger partial charge on any atom is 0.316 e. The van der Waals surface area contributed by atoms with E-state index in [2.05, 4.69) is 51.8 Å². The zero-order valence-electron chi connectivity index (χ0n) is 15.9. The number of alkyl halides is 2. The molecule has 0 bridgehead atoms. The zero-order chi connectivity index (χ0) is 21.3. The monoisotopic (exact) mass is 573 g/mol. The Morgan fingerprint density at radius 2 is 1.86 bits per heavy atom. The molecule has 0 saturated carbocycles. The predicted octanol–water partition coefficient (Wildman–Crippen LogP) is 2.13. The summed E-state index contributed by atoms with van der Waals surface area (Å²) >= 11 is 6.97. The number of halogens is 2. The number of nitrogens with one attached hydrogen (secondary N) is 2. The lowest BCUT2D eigenvalue weighted by atomic mass is 10.2. The van der Waals surface area contributed by atoms with E-state index in [0.717, 1.165) is 48.9 Å². The number of amides is 2. The van der Waals surface area contributed by atoms with Crippen LogP contribution in [0.2, 0.25) is 0 Å². The van der Waals surface area contributed by atoms with E-state index in [9.17, 15) is 13.2 Å². The number of primary sulfonamides is 1. The Labute approximate surface area is 190 Å². The molecule has 13 heteroatoms. The highest BCUT2D eigenvalue weighted by Crippen LogP contribution is 2.47. The number of sulfonamides is 1. The smallest absolute Gasteiger partial charge is 0.316 e. The van der Waals surface area contributed by atoms with Gasteiger partial charge >= 0.3 is 6.03 Å². The van der Waals surface area contributed by atoms with Gasteiger partial charge in [0.05, 0.1) is 18.2 Å². The third-order valence-electron chi connectivity index (χ3n) is 4.06. The molecule has 1 heterocycles. The third kappa shape index (κ3) is 8.37. The van der Waals surface area contributed by atoms with Crippen LogP contribution in [0.3, 0.4) is 0 Å². The molecule has 4 N–H and O–H groups in total. The summed E-state index contributed by atoms with van der Waals surface area (Å²) in [5.41, 5.74) is 0.775. The number of carbonyl (C=O) groups is 1. The molecule has 0 aliphatic carbocycles. The summed E-state index contributed by atoms with van der Waals surface area (Å²) in [6.07, 6.45) is 0.926. The van der Waals surface area contributed by atoms with Gasteiger partial charge < -0.3 is 15.2 Å². The van der Waals surface area contributed by atoms with Crippen molar-refractivity contribution in [1.82, 2.24) is 20.0 Å². The second-order valence-electron chi connectivity index (χ2n) is 6.21. The Hall–Kier alpha value is -0.330. The number of hydrogen-bond donors (Lipinski definition) is 3. The Balaban J connectivity index is 1.83. The molecular formula is C16H26Br2N5O4PS. The first-order valence-electron chi connectivity index (χ1n) is 9.03. The first-order valence-corrected chi connectivity index (χ1v) is 14.0. The standard InChI is InChI=1S/C16H26Br2N5O4PS/c17-6-9-22(10-7-18)28-23(8-1-11-27-28)13-21-16(24)20-12-14-2-4-15(5-3-14)29(19,25)26/h2-5H,1,6-13H2,(H2,19,25,26)(H2,20,21,24). The molecule has 1 unspecified atom stereocenters. The van der Waals surface area contributed by atoms with E-state index in [1.807, 2.05) is 0 Å². The number of nitrogens with zero attached hydrogens (tertiary/aromatic N) is 2. The molecule has 2 amide bonds. The number of urea groups is 1. The highest BCUT2D eigenvalue weighted by atomic mass is 79.9. The molecule has 29 heavy (non-hydrogen) atoms. The number of rotatable bonds is 10. The van der Waals surface area contributed by atoms with Gasteiger partial charge in [-0.15, -0.1) is 0 Å². The van der Waals surface area contributed by atoms with Gasteiger partial charge in [0.1, 0.15) is 0 Å². The predicted molar refractivity (Wildman–Crippen MR) is 121 cm³/mol. The Morgan fingerprint density at radius 1 is 1.21 bits per heavy atom. The molecule has 0 spiro atoms. The lowest BCUT2D eigenvalue weighted by molar-refractivity contribution is 0.199. The summed E-state index contributed by atoms with van der Waals surface area (Å²) < 4.78 is 33.0. The molecule has 9 nitrogen and oxygen atoms in total. The topological polar surface area (TPSA) is 117 Å². The minimum absolute atomic E-state index is 0.0423. The van der Waals surface area contributed by atoms with E-state index in [4.69, 9.17) is 9.66 Å². The zero-order valence-corrected chi connectivity index (χ0v) is 20.8. The van der Waals surface area contributed by atoms with Crippen molar-refractivity contribution in [2.24, 2.45) is 5.14 Å². The minimum Gasteiger partial charge on any atom is -0.334 e. The van der Waals surface area contributed by atoms with Crippen LogP contribution in [0.4, 0.5) is 4.79 Å². The van der Waals surface area contributed by atoms with Crippen LogP contribution in [-0.4, -0.2) is 67.4 Å². The van der Waals surface area contributed by atoms with Crippen molar-refractivity contribution in [2.75, 3.05) is 43.6 Å². The van der Waals surface area contributed by atoms with Gasteiger partial charge in [-0.3, -0.25) is 0 Å². The van der Waals surface area contributed by atoms with Gasteiger partial charge in [-0.05, 0) is 24.1 Å². The van der Waals surface area contributed by atoms with Gasteiger partial charge in [0.25, 0.3) is 0 Å². The lowest BCUT2D eigenvalue weighted by Crippen LogP contribution is -2.45. The van der Waals surface area contributed by atoms with Crippen molar-refractivity contribution in [2.45, 2.75) is 17.9 Å².